The van der Waals surface area contributed by atoms with Gasteiger partial charge < -0.3 is 9.47 Å². The molecule has 0 aliphatic heterocycles. The van der Waals surface area contributed by atoms with Crippen LogP contribution in [0.5, 0.6) is 0 Å². The Balaban J connectivity index is 2.18. The fraction of sp³-hybridized carbons (Fsp3) is 0.320. The number of ether oxygens (including phenoxy) is 2. The molecule has 154 valence electrons. The summed E-state index contributed by atoms with van der Waals surface area (Å²) in [5.74, 6) is -0.249. The first-order valence-corrected chi connectivity index (χ1v) is 13.1. The van der Waals surface area contributed by atoms with E-state index in [1.54, 1.807) is 6.08 Å². The van der Waals surface area contributed by atoms with E-state index in [4.69, 9.17) is 9.47 Å². The number of esters is 1. The van der Waals surface area contributed by atoms with Gasteiger partial charge in [0.25, 0.3) is 0 Å². The van der Waals surface area contributed by atoms with Gasteiger partial charge in [0.15, 0.2) is 0 Å². The molecule has 2 aromatic rings. The molecule has 0 bridgehead atoms. The van der Waals surface area contributed by atoms with Gasteiger partial charge in [0, 0.05) is 12.2 Å². The van der Waals surface area contributed by atoms with Crippen LogP contribution in [0.3, 0.4) is 0 Å². The van der Waals surface area contributed by atoms with E-state index < -0.39 is 8.07 Å². The molecule has 0 saturated heterocycles. The van der Waals surface area contributed by atoms with E-state index in [0.29, 0.717) is 19.6 Å². The zero-order chi connectivity index (χ0) is 21.1. The molecule has 0 spiro atoms. The third-order valence-corrected chi connectivity index (χ3v) is 9.06. The second-order valence-corrected chi connectivity index (χ2v) is 12.0. The molecule has 2 aromatic carbocycles. The summed E-state index contributed by atoms with van der Waals surface area (Å²) >= 11 is 0. The highest BCUT2D eigenvalue weighted by Crippen LogP contribution is 2.27. The van der Waals surface area contributed by atoms with Crippen molar-refractivity contribution in [2.24, 2.45) is 0 Å². The molecule has 0 aliphatic carbocycles. The first-order valence-electron chi connectivity index (χ1n) is 10.1. The molecule has 0 N–H and O–H groups in total. The molecule has 0 atom stereocenters. The van der Waals surface area contributed by atoms with Crippen molar-refractivity contribution in [3.63, 3.8) is 0 Å². The third kappa shape index (κ3) is 6.55. The topological polar surface area (TPSA) is 35.5 Å². The Morgan fingerprint density at radius 1 is 1.03 bits per heavy atom. The quantitative estimate of drug-likeness (QED) is 0.169. The molecule has 3 nitrogen and oxygen atoms in total. The third-order valence-electron chi connectivity index (χ3n) is 5.22. The van der Waals surface area contributed by atoms with Crippen molar-refractivity contribution >= 4 is 19.2 Å². The number of benzene rings is 2. The summed E-state index contributed by atoms with van der Waals surface area (Å²) in [7, 11) is -0.589. The van der Waals surface area contributed by atoms with Crippen molar-refractivity contribution in [3.8, 4) is 0 Å². The van der Waals surface area contributed by atoms with E-state index in [9.17, 15) is 4.79 Å². The van der Waals surface area contributed by atoms with Crippen LogP contribution in [0.25, 0.3) is 0 Å². The van der Waals surface area contributed by atoms with E-state index in [-0.39, 0.29) is 5.97 Å². The van der Waals surface area contributed by atoms with Crippen molar-refractivity contribution < 1.29 is 14.3 Å². The van der Waals surface area contributed by atoms with Gasteiger partial charge >= 0.3 is 5.97 Å². The molecule has 2 rings (SSSR count). The Morgan fingerprint density at radius 3 is 2.24 bits per heavy atom. The molecule has 29 heavy (non-hydrogen) atoms. The predicted octanol–water partition coefficient (Wildman–Crippen LogP) is 5.18. The minimum Gasteiger partial charge on any atom is -0.466 e. The number of hydrogen-bond acceptors (Lipinski definition) is 3. The molecule has 0 amide bonds. The van der Waals surface area contributed by atoms with Gasteiger partial charge in [-0.05, 0) is 24.8 Å². The first-order chi connectivity index (χ1) is 14.0. The van der Waals surface area contributed by atoms with E-state index in [0.717, 1.165) is 18.4 Å². The van der Waals surface area contributed by atoms with Crippen LogP contribution in [-0.2, 0) is 20.9 Å². The summed E-state index contributed by atoms with van der Waals surface area (Å²) in [6.45, 7) is 9.71. The molecule has 0 radical (unpaired) electrons. The summed E-state index contributed by atoms with van der Waals surface area (Å²) in [4.78, 5) is 12.6. The number of carbonyl (C=O) groups is 1. The van der Waals surface area contributed by atoms with Gasteiger partial charge in [0.05, 0.1) is 13.7 Å². The zero-order valence-electron chi connectivity index (χ0n) is 17.8. The Kier molecular flexibility index (Phi) is 9.09. The molecule has 0 heterocycles. The maximum absolute atomic E-state index is 12.6. The predicted molar refractivity (Wildman–Crippen MR) is 123 cm³/mol. The van der Waals surface area contributed by atoms with E-state index in [1.165, 1.54) is 23.1 Å². The average Bonchev–Trinajstić information content (AvgIpc) is 2.75. The van der Waals surface area contributed by atoms with Gasteiger partial charge in [-0.15, -0.1) is 6.58 Å². The Bertz CT molecular complexity index is 810. The smallest absolute Gasteiger partial charge is 0.333 e. The van der Waals surface area contributed by atoms with Crippen molar-refractivity contribution in [2.75, 3.05) is 13.7 Å². The first kappa shape index (κ1) is 22.9. The summed E-state index contributed by atoms with van der Waals surface area (Å²) in [5, 5.41) is 2.53. The van der Waals surface area contributed by atoms with Crippen LogP contribution in [0, 0.1) is 0 Å². The van der Waals surface area contributed by atoms with Gasteiger partial charge in [-0.3, -0.25) is 0 Å². The van der Waals surface area contributed by atoms with E-state index in [1.807, 2.05) is 24.3 Å². The molecule has 0 unspecified atom stereocenters. The van der Waals surface area contributed by atoms with Gasteiger partial charge in [0.1, 0.15) is 8.07 Å². The lowest BCUT2D eigenvalue weighted by Crippen LogP contribution is -2.45. The number of methoxy groups -OCH3 is 1. The van der Waals surface area contributed by atoms with Crippen LogP contribution in [0.15, 0.2) is 84.1 Å². The highest BCUT2D eigenvalue weighted by Gasteiger charge is 2.32. The molecule has 0 aliphatic rings. The highest BCUT2D eigenvalue weighted by molar-refractivity contribution is 6.96. The van der Waals surface area contributed by atoms with Crippen molar-refractivity contribution in [1.82, 2.24) is 0 Å². The lowest BCUT2D eigenvalue weighted by atomic mass is 10.1. The van der Waals surface area contributed by atoms with E-state index in [2.05, 4.69) is 56.1 Å². The molecule has 0 aromatic heterocycles. The van der Waals surface area contributed by atoms with Gasteiger partial charge in [-0.25, -0.2) is 4.79 Å². The minimum atomic E-state index is -2.04. The van der Waals surface area contributed by atoms with Crippen molar-refractivity contribution in [1.29, 1.82) is 0 Å². The molecule has 0 saturated carbocycles. The number of allylic oxidation sites excluding steroid dienone is 2. The largest absolute Gasteiger partial charge is 0.466 e. The van der Waals surface area contributed by atoms with Crippen molar-refractivity contribution in [2.45, 2.75) is 39.0 Å². The minimum absolute atomic E-state index is 0.249. The van der Waals surface area contributed by atoms with Gasteiger partial charge in [0.2, 0.25) is 0 Å². The number of rotatable bonds is 11. The van der Waals surface area contributed by atoms with Crippen LogP contribution in [-0.4, -0.2) is 27.8 Å². The summed E-state index contributed by atoms with van der Waals surface area (Å²) in [6, 6.07) is 20.7. The second kappa shape index (κ2) is 11.5. The van der Waals surface area contributed by atoms with Crippen LogP contribution in [0.2, 0.25) is 13.1 Å². The molecule has 0 fully saturated rings. The molecular weight excluding hydrogens is 376 g/mol. The highest BCUT2D eigenvalue weighted by atomic mass is 28.3. The maximum Gasteiger partial charge on any atom is 0.333 e. The zero-order valence-corrected chi connectivity index (χ0v) is 18.8. The molecular formula is C25H32O3Si. The maximum atomic E-state index is 12.6. The fourth-order valence-corrected chi connectivity index (χ4v) is 6.72. The lowest BCUT2D eigenvalue weighted by molar-refractivity contribution is -0.136. The fourth-order valence-electron chi connectivity index (χ4n) is 3.58. The van der Waals surface area contributed by atoms with Crippen molar-refractivity contribution in [3.05, 3.63) is 89.7 Å². The Morgan fingerprint density at radius 2 is 1.66 bits per heavy atom. The average molecular weight is 409 g/mol. The second-order valence-electron chi connectivity index (χ2n) is 7.57. The Hall–Kier alpha value is -2.43. The summed E-state index contributed by atoms with van der Waals surface area (Å²) < 4.78 is 11.0. The van der Waals surface area contributed by atoms with Crippen LogP contribution >= 0.6 is 0 Å². The summed E-state index contributed by atoms with van der Waals surface area (Å²) in [6.07, 6.45) is 3.99. The van der Waals surface area contributed by atoms with Gasteiger partial charge in [-0.1, -0.05) is 90.2 Å². The standard InChI is InChI=1S/C25H32O3Si/c1-5-13-23(25(26)27-2)24(29(3,4)22-16-10-7-11-17-22)18-12-19-28-20-21-14-8-6-9-15-21/h5-11,14-17H,1,12-13,18-20H2,2-4H3/b24-23-. The number of hydrogen-bond donors (Lipinski definition) is 0. The van der Waals surface area contributed by atoms with Gasteiger partial charge in [-0.2, -0.15) is 0 Å². The summed E-state index contributed by atoms with van der Waals surface area (Å²) in [5.41, 5.74) is 1.93. The Labute approximate surface area is 176 Å². The van der Waals surface area contributed by atoms with Crippen LogP contribution in [0.1, 0.15) is 24.8 Å². The SMILES string of the molecule is C=CC/C(C(=O)OC)=C(\CCCOCc1ccccc1)[Si](C)(C)c1ccccc1. The van der Waals surface area contributed by atoms with Crippen LogP contribution in [0.4, 0.5) is 0 Å². The van der Waals surface area contributed by atoms with Crippen LogP contribution < -0.4 is 5.19 Å². The normalized spacial score (nSPS) is 12.2. The molecule has 4 heteroatoms. The monoisotopic (exact) mass is 408 g/mol. The number of carbonyl (C=O) groups excluding carboxylic acids is 1. The lowest BCUT2D eigenvalue weighted by Gasteiger charge is -2.29. The van der Waals surface area contributed by atoms with E-state index >= 15 is 0 Å².